The zero-order valence-corrected chi connectivity index (χ0v) is 48.1. The SMILES string of the molecule is CC/C=C\C/C=C\C/C=C\C/C=C\C/C=C\C/C=C\C/C=C\C/C=C\C/C=C\CCCCCC(=O)OC(CO)COC(=O)CCCCCCCCCCCCCCCCCCC/C=C\C/C=C\CCCCCCC. The summed E-state index contributed by atoms with van der Waals surface area (Å²) in [5.41, 5.74) is 0. The Morgan fingerprint density at radius 3 is 0.892 bits per heavy atom. The average Bonchev–Trinajstić information content (AvgIpc) is 3.40. The summed E-state index contributed by atoms with van der Waals surface area (Å²) < 4.78 is 10.7. The van der Waals surface area contributed by atoms with E-state index in [4.69, 9.17) is 9.47 Å². The summed E-state index contributed by atoms with van der Waals surface area (Å²) in [7, 11) is 0. The Morgan fingerprint density at radius 2 is 0.581 bits per heavy atom. The fourth-order valence-corrected chi connectivity index (χ4v) is 8.34. The van der Waals surface area contributed by atoms with Crippen LogP contribution < -0.4 is 0 Å². The van der Waals surface area contributed by atoms with Crippen LogP contribution in [0.25, 0.3) is 0 Å². The molecule has 5 heteroatoms. The Kier molecular flexibility index (Phi) is 59.9. The minimum absolute atomic E-state index is 0.0861. The summed E-state index contributed by atoms with van der Waals surface area (Å²) in [6, 6.07) is 0. The third-order valence-electron chi connectivity index (χ3n) is 12.9. The number of hydrogen-bond donors (Lipinski definition) is 1. The van der Waals surface area contributed by atoms with Gasteiger partial charge in [0.2, 0.25) is 0 Å². The van der Waals surface area contributed by atoms with Gasteiger partial charge in [-0.2, -0.15) is 0 Å². The van der Waals surface area contributed by atoms with E-state index in [1.165, 1.54) is 135 Å². The lowest BCUT2D eigenvalue weighted by molar-refractivity contribution is -0.161. The lowest BCUT2D eigenvalue weighted by Gasteiger charge is -2.15. The first-order valence-electron chi connectivity index (χ1n) is 30.7. The van der Waals surface area contributed by atoms with E-state index < -0.39 is 6.10 Å². The predicted molar refractivity (Wildman–Crippen MR) is 324 cm³/mol. The molecule has 0 saturated carbocycles. The molecule has 0 bridgehead atoms. The predicted octanol–water partition coefficient (Wildman–Crippen LogP) is 21.2. The Bertz CT molecular complexity index is 1530. The van der Waals surface area contributed by atoms with Crippen LogP contribution in [0.5, 0.6) is 0 Å². The van der Waals surface area contributed by atoms with Crippen molar-refractivity contribution in [3.8, 4) is 0 Å². The van der Waals surface area contributed by atoms with E-state index in [1.54, 1.807) is 0 Å². The molecule has 1 N–H and O–H groups in total. The van der Waals surface area contributed by atoms with Gasteiger partial charge in [0.15, 0.2) is 6.10 Å². The van der Waals surface area contributed by atoms with Crippen molar-refractivity contribution in [1.82, 2.24) is 0 Å². The zero-order chi connectivity index (χ0) is 53.4. The molecule has 0 aromatic carbocycles. The molecular weight excluding hydrogens is 909 g/mol. The first kappa shape index (κ1) is 70.0. The van der Waals surface area contributed by atoms with Crippen LogP contribution in [0.15, 0.2) is 134 Å². The monoisotopic (exact) mass is 1020 g/mol. The molecule has 0 aliphatic carbocycles. The average molecular weight is 1020 g/mol. The van der Waals surface area contributed by atoms with Crippen molar-refractivity contribution < 1.29 is 24.2 Å². The topological polar surface area (TPSA) is 72.8 Å². The van der Waals surface area contributed by atoms with Gasteiger partial charge >= 0.3 is 11.9 Å². The summed E-state index contributed by atoms with van der Waals surface area (Å²) in [6.45, 7) is 4.00. The van der Waals surface area contributed by atoms with Gasteiger partial charge in [0, 0.05) is 12.8 Å². The van der Waals surface area contributed by atoms with E-state index in [0.717, 1.165) is 109 Å². The number of aliphatic hydroxyl groups excluding tert-OH is 1. The molecule has 0 saturated heterocycles. The molecule has 0 spiro atoms. The van der Waals surface area contributed by atoms with Gasteiger partial charge in [-0.3, -0.25) is 9.59 Å². The van der Waals surface area contributed by atoms with Crippen LogP contribution in [0.1, 0.15) is 271 Å². The molecule has 74 heavy (non-hydrogen) atoms. The maximum absolute atomic E-state index is 12.3. The largest absolute Gasteiger partial charge is 0.462 e. The van der Waals surface area contributed by atoms with Crippen LogP contribution in [0.4, 0.5) is 0 Å². The van der Waals surface area contributed by atoms with Gasteiger partial charge in [0.25, 0.3) is 0 Å². The number of esters is 2. The second kappa shape index (κ2) is 63.3. The van der Waals surface area contributed by atoms with Gasteiger partial charge in [-0.1, -0.05) is 276 Å². The highest BCUT2D eigenvalue weighted by molar-refractivity contribution is 5.70. The van der Waals surface area contributed by atoms with Crippen molar-refractivity contribution in [2.24, 2.45) is 0 Å². The highest BCUT2D eigenvalue weighted by atomic mass is 16.6. The molecule has 420 valence electrons. The standard InChI is InChI=1S/C69H114O5/c1-3-5-7-9-11-13-15-17-19-21-23-25-27-29-31-33-34-36-38-40-42-44-46-48-50-52-54-56-58-60-62-64-69(72)74-67(65-70)66-73-68(71)63-61-59-57-55-53-51-49-47-45-43-41-39-37-35-32-30-28-26-24-22-20-18-16-14-12-10-8-6-4-2/h5,7,11,13,16-19,22-25,29,31,34,36,40,42,46,48,52,54,67,70H,3-4,6,8-10,12,14-15,20-21,26-28,30,32-33,35,37-39,41,43-45,47,49-51,53,55-66H2,1-2H3/b7-5-,13-11-,18-16-,19-17-,24-22-,25-23-,31-29-,36-34-,42-40-,48-46-,54-52-. The second-order valence-corrected chi connectivity index (χ2v) is 20.0. The van der Waals surface area contributed by atoms with Gasteiger partial charge in [0.05, 0.1) is 6.61 Å². The highest BCUT2D eigenvalue weighted by Crippen LogP contribution is 2.16. The van der Waals surface area contributed by atoms with Crippen molar-refractivity contribution in [2.45, 2.75) is 277 Å². The summed E-state index contributed by atoms with van der Waals surface area (Å²) in [6.07, 6.45) is 94.4. The Hall–Kier alpha value is -3.96. The first-order valence-corrected chi connectivity index (χ1v) is 30.7. The van der Waals surface area contributed by atoms with Gasteiger partial charge in [0.1, 0.15) is 6.61 Å². The minimum Gasteiger partial charge on any atom is -0.462 e. The molecular formula is C69H114O5. The van der Waals surface area contributed by atoms with Crippen LogP contribution >= 0.6 is 0 Å². The fourth-order valence-electron chi connectivity index (χ4n) is 8.34. The number of allylic oxidation sites excluding steroid dienone is 22. The number of unbranched alkanes of at least 4 members (excludes halogenated alkanes) is 25. The molecule has 0 aliphatic heterocycles. The van der Waals surface area contributed by atoms with Crippen molar-refractivity contribution in [1.29, 1.82) is 0 Å². The van der Waals surface area contributed by atoms with Crippen molar-refractivity contribution in [3.05, 3.63) is 134 Å². The smallest absolute Gasteiger partial charge is 0.306 e. The van der Waals surface area contributed by atoms with Crippen molar-refractivity contribution in [3.63, 3.8) is 0 Å². The summed E-state index contributed by atoms with van der Waals surface area (Å²) in [4.78, 5) is 24.6. The zero-order valence-electron chi connectivity index (χ0n) is 48.1. The number of rotatable bonds is 55. The van der Waals surface area contributed by atoms with Crippen LogP contribution in [-0.4, -0.2) is 36.4 Å². The van der Waals surface area contributed by atoms with E-state index >= 15 is 0 Å². The molecule has 0 amide bonds. The van der Waals surface area contributed by atoms with Crippen molar-refractivity contribution >= 4 is 11.9 Å². The van der Waals surface area contributed by atoms with Crippen molar-refractivity contribution in [2.75, 3.05) is 13.2 Å². The molecule has 1 unspecified atom stereocenters. The summed E-state index contributed by atoms with van der Waals surface area (Å²) >= 11 is 0. The van der Waals surface area contributed by atoms with Crippen LogP contribution in [-0.2, 0) is 19.1 Å². The molecule has 0 aromatic heterocycles. The maximum Gasteiger partial charge on any atom is 0.306 e. The molecule has 5 nitrogen and oxygen atoms in total. The minimum atomic E-state index is -0.800. The molecule has 0 fully saturated rings. The third kappa shape index (κ3) is 60.6. The highest BCUT2D eigenvalue weighted by Gasteiger charge is 2.16. The lowest BCUT2D eigenvalue weighted by Crippen LogP contribution is -2.28. The molecule has 0 radical (unpaired) electrons. The number of aliphatic hydroxyl groups is 1. The molecule has 1 atom stereocenters. The molecule has 0 heterocycles. The number of carbonyl (C=O) groups excluding carboxylic acids is 2. The first-order chi connectivity index (χ1) is 36.6. The van der Waals surface area contributed by atoms with Gasteiger partial charge in [-0.25, -0.2) is 0 Å². The quantitative estimate of drug-likeness (QED) is 0.0373. The number of hydrogen-bond acceptors (Lipinski definition) is 5. The normalized spacial score (nSPS) is 13.2. The van der Waals surface area contributed by atoms with E-state index in [0.29, 0.717) is 12.8 Å². The van der Waals surface area contributed by atoms with E-state index in [1.807, 2.05) is 0 Å². The van der Waals surface area contributed by atoms with E-state index in [9.17, 15) is 14.7 Å². The van der Waals surface area contributed by atoms with Gasteiger partial charge < -0.3 is 14.6 Å². The Balaban J connectivity index is 3.59. The van der Waals surface area contributed by atoms with Crippen LogP contribution in [0.2, 0.25) is 0 Å². The second-order valence-electron chi connectivity index (χ2n) is 20.0. The van der Waals surface area contributed by atoms with Gasteiger partial charge in [-0.05, 0) is 116 Å². The third-order valence-corrected chi connectivity index (χ3v) is 12.9. The Labute approximate surface area is 457 Å². The maximum atomic E-state index is 12.3. The number of ether oxygens (including phenoxy) is 2. The van der Waals surface area contributed by atoms with Crippen LogP contribution in [0, 0.1) is 0 Å². The van der Waals surface area contributed by atoms with E-state index in [2.05, 4.69) is 148 Å². The molecule has 0 aliphatic rings. The van der Waals surface area contributed by atoms with Gasteiger partial charge in [-0.15, -0.1) is 0 Å². The summed E-state index contributed by atoms with van der Waals surface area (Å²) in [5, 5.41) is 9.67. The summed E-state index contributed by atoms with van der Waals surface area (Å²) in [5.74, 6) is -0.631. The Morgan fingerprint density at radius 1 is 0.324 bits per heavy atom. The van der Waals surface area contributed by atoms with Crippen LogP contribution in [0.3, 0.4) is 0 Å². The molecule has 0 aromatic rings. The van der Waals surface area contributed by atoms with E-state index in [-0.39, 0.29) is 25.2 Å². The fraction of sp³-hybridized carbons (Fsp3) is 0.652. The molecule has 0 rings (SSSR count). The number of carbonyl (C=O) groups is 2. The lowest BCUT2D eigenvalue weighted by atomic mass is 10.0.